The molecular formula is C23H22N2. The molecule has 1 unspecified atom stereocenters. The summed E-state index contributed by atoms with van der Waals surface area (Å²) in [7, 11) is 0. The van der Waals surface area contributed by atoms with Crippen molar-refractivity contribution in [1.29, 1.82) is 0 Å². The number of hydrogen-bond donors (Lipinski definition) is 0. The van der Waals surface area contributed by atoms with E-state index in [2.05, 4.69) is 97.7 Å². The molecule has 0 aliphatic carbocycles. The molecule has 3 aromatic rings. The van der Waals surface area contributed by atoms with E-state index >= 15 is 0 Å². The summed E-state index contributed by atoms with van der Waals surface area (Å²) in [6, 6.07) is 28.0. The number of anilines is 1. The Morgan fingerprint density at radius 2 is 1.48 bits per heavy atom. The van der Waals surface area contributed by atoms with Crippen molar-refractivity contribution >= 4 is 11.4 Å². The normalized spacial score (nSPS) is 16.8. The SMILES string of the molecule is Cc1ccc(N2N=C(c3ccccc3)CC2c2ccccc2)cc1C. The van der Waals surface area contributed by atoms with Crippen LogP contribution in [0.4, 0.5) is 5.69 Å². The van der Waals surface area contributed by atoms with Crippen LogP contribution in [-0.4, -0.2) is 5.71 Å². The molecule has 0 aromatic heterocycles. The van der Waals surface area contributed by atoms with Crippen LogP contribution < -0.4 is 5.01 Å². The zero-order chi connectivity index (χ0) is 17.2. The van der Waals surface area contributed by atoms with E-state index in [0.717, 1.165) is 17.8 Å². The molecule has 2 nitrogen and oxygen atoms in total. The highest BCUT2D eigenvalue weighted by Crippen LogP contribution is 2.37. The van der Waals surface area contributed by atoms with E-state index in [1.807, 2.05) is 0 Å². The van der Waals surface area contributed by atoms with Crippen molar-refractivity contribution in [2.75, 3.05) is 5.01 Å². The third-order valence-electron chi connectivity index (χ3n) is 4.96. The second-order valence-electron chi connectivity index (χ2n) is 6.66. The van der Waals surface area contributed by atoms with Gasteiger partial charge in [0.05, 0.1) is 17.4 Å². The molecule has 4 rings (SSSR count). The third-order valence-corrected chi connectivity index (χ3v) is 4.96. The van der Waals surface area contributed by atoms with Gasteiger partial charge in [-0.1, -0.05) is 66.7 Å². The topological polar surface area (TPSA) is 15.6 Å². The minimum Gasteiger partial charge on any atom is -0.257 e. The third kappa shape index (κ3) is 3.08. The van der Waals surface area contributed by atoms with E-state index in [0.29, 0.717) is 0 Å². The van der Waals surface area contributed by atoms with Gasteiger partial charge < -0.3 is 0 Å². The second-order valence-corrected chi connectivity index (χ2v) is 6.66. The van der Waals surface area contributed by atoms with Crippen LogP contribution in [0.25, 0.3) is 0 Å². The summed E-state index contributed by atoms with van der Waals surface area (Å²) in [6.45, 7) is 4.31. The summed E-state index contributed by atoms with van der Waals surface area (Å²) in [5.41, 5.74) is 7.42. The fourth-order valence-corrected chi connectivity index (χ4v) is 3.36. The van der Waals surface area contributed by atoms with E-state index in [4.69, 9.17) is 5.10 Å². The van der Waals surface area contributed by atoms with Crippen LogP contribution in [0.3, 0.4) is 0 Å². The summed E-state index contributed by atoms with van der Waals surface area (Å²) >= 11 is 0. The van der Waals surface area contributed by atoms with Crippen LogP contribution in [0.2, 0.25) is 0 Å². The van der Waals surface area contributed by atoms with Gasteiger partial charge >= 0.3 is 0 Å². The molecule has 0 saturated carbocycles. The highest BCUT2D eigenvalue weighted by Gasteiger charge is 2.29. The number of hydrogen-bond acceptors (Lipinski definition) is 2. The molecule has 1 aliphatic heterocycles. The molecular weight excluding hydrogens is 304 g/mol. The molecule has 0 spiro atoms. The summed E-state index contributed by atoms with van der Waals surface area (Å²) in [5.74, 6) is 0. The van der Waals surface area contributed by atoms with E-state index in [1.165, 1.54) is 22.3 Å². The fraction of sp³-hybridized carbons (Fsp3) is 0.174. The van der Waals surface area contributed by atoms with Crippen molar-refractivity contribution < 1.29 is 0 Å². The highest BCUT2D eigenvalue weighted by molar-refractivity contribution is 6.03. The van der Waals surface area contributed by atoms with Gasteiger partial charge in [-0.2, -0.15) is 5.10 Å². The fourth-order valence-electron chi connectivity index (χ4n) is 3.36. The molecule has 25 heavy (non-hydrogen) atoms. The summed E-state index contributed by atoms with van der Waals surface area (Å²) in [6.07, 6.45) is 0.918. The predicted molar refractivity (Wildman–Crippen MR) is 105 cm³/mol. The van der Waals surface area contributed by atoms with Crippen molar-refractivity contribution in [3.8, 4) is 0 Å². The molecule has 1 aliphatic rings. The van der Waals surface area contributed by atoms with Gasteiger partial charge in [0.15, 0.2) is 0 Å². The molecule has 124 valence electrons. The Labute approximate surface area is 149 Å². The lowest BCUT2D eigenvalue weighted by Crippen LogP contribution is -2.18. The summed E-state index contributed by atoms with van der Waals surface area (Å²) < 4.78 is 0. The molecule has 0 amide bonds. The molecule has 0 N–H and O–H groups in total. The molecule has 1 heterocycles. The first-order valence-corrected chi connectivity index (χ1v) is 8.77. The van der Waals surface area contributed by atoms with E-state index < -0.39 is 0 Å². The number of hydrazone groups is 1. The molecule has 3 aromatic carbocycles. The van der Waals surface area contributed by atoms with Crippen molar-refractivity contribution in [2.24, 2.45) is 5.10 Å². The Morgan fingerprint density at radius 1 is 0.800 bits per heavy atom. The summed E-state index contributed by atoms with van der Waals surface area (Å²) in [5, 5.41) is 7.19. The number of aryl methyl sites for hydroxylation is 2. The van der Waals surface area contributed by atoms with E-state index in [1.54, 1.807) is 0 Å². The van der Waals surface area contributed by atoms with Gasteiger partial charge in [-0.15, -0.1) is 0 Å². The first kappa shape index (κ1) is 15.6. The standard InChI is InChI=1S/C23H22N2/c1-17-13-14-21(15-18(17)2)25-23(20-11-7-4-8-12-20)16-22(24-25)19-9-5-3-6-10-19/h3-15,23H,16H2,1-2H3. The molecule has 1 atom stereocenters. The Balaban J connectivity index is 1.77. The smallest absolute Gasteiger partial charge is 0.0831 e. The lowest BCUT2D eigenvalue weighted by molar-refractivity contribution is 0.708. The number of nitrogens with zero attached hydrogens (tertiary/aromatic N) is 2. The van der Waals surface area contributed by atoms with Gasteiger partial charge in [-0.3, -0.25) is 5.01 Å². The van der Waals surface area contributed by atoms with E-state index in [9.17, 15) is 0 Å². The van der Waals surface area contributed by atoms with E-state index in [-0.39, 0.29) is 6.04 Å². The van der Waals surface area contributed by atoms with Crippen LogP contribution in [-0.2, 0) is 0 Å². The van der Waals surface area contributed by atoms with Crippen LogP contribution in [0.1, 0.15) is 34.7 Å². The van der Waals surface area contributed by atoms with Gasteiger partial charge in [0.2, 0.25) is 0 Å². The minimum absolute atomic E-state index is 0.235. The van der Waals surface area contributed by atoms with Crippen LogP contribution in [0.5, 0.6) is 0 Å². The first-order chi connectivity index (χ1) is 12.2. The lowest BCUT2D eigenvalue weighted by atomic mass is 9.98. The van der Waals surface area contributed by atoms with Crippen molar-refractivity contribution in [1.82, 2.24) is 0 Å². The van der Waals surface area contributed by atoms with Gasteiger partial charge in [0, 0.05) is 6.42 Å². The lowest BCUT2D eigenvalue weighted by Gasteiger charge is -2.24. The first-order valence-electron chi connectivity index (χ1n) is 8.77. The Morgan fingerprint density at radius 3 is 2.16 bits per heavy atom. The molecule has 0 bridgehead atoms. The van der Waals surface area contributed by atoms with Gasteiger partial charge in [0.1, 0.15) is 0 Å². The largest absolute Gasteiger partial charge is 0.257 e. The van der Waals surface area contributed by atoms with Crippen molar-refractivity contribution in [2.45, 2.75) is 26.3 Å². The zero-order valence-electron chi connectivity index (χ0n) is 14.7. The maximum atomic E-state index is 5.01. The van der Waals surface area contributed by atoms with Gasteiger partial charge in [-0.25, -0.2) is 0 Å². The van der Waals surface area contributed by atoms with Gasteiger partial charge in [0.25, 0.3) is 0 Å². The molecule has 0 saturated heterocycles. The zero-order valence-corrected chi connectivity index (χ0v) is 14.7. The maximum Gasteiger partial charge on any atom is 0.0831 e. The van der Waals surface area contributed by atoms with Crippen molar-refractivity contribution in [3.63, 3.8) is 0 Å². The second kappa shape index (κ2) is 6.56. The molecule has 2 heteroatoms. The summed E-state index contributed by atoms with van der Waals surface area (Å²) in [4.78, 5) is 0. The Kier molecular flexibility index (Phi) is 4.10. The molecule has 0 fully saturated rings. The number of rotatable bonds is 3. The van der Waals surface area contributed by atoms with Gasteiger partial charge in [-0.05, 0) is 48.2 Å². The van der Waals surface area contributed by atoms with Crippen LogP contribution in [0, 0.1) is 13.8 Å². The monoisotopic (exact) mass is 326 g/mol. The molecule has 0 radical (unpaired) electrons. The highest BCUT2D eigenvalue weighted by atomic mass is 15.5. The predicted octanol–water partition coefficient (Wildman–Crippen LogP) is 5.66. The van der Waals surface area contributed by atoms with Crippen LogP contribution >= 0.6 is 0 Å². The maximum absolute atomic E-state index is 5.01. The van der Waals surface area contributed by atoms with Crippen LogP contribution in [0.15, 0.2) is 84.0 Å². The van der Waals surface area contributed by atoms with Crippen molar-refractivity contribution in [3.05, 3.63) is 101 Å². The average molecular weight is 326 g/mol. The quantitative estimate of drug-likeness (QED) is 0.606. The number of benzene rings is 3. The minimum atomic E-state index is 0.235. The Bertz CT molecular complexity index is 898. The Hall–Kier alpha value is -2.87. The average Bonchev–Trinajstić information content (AvgIpc) is 3.11.